The Hall–Kier alpha value is -0.940. The predicted molar refractivity (Wildman–Crippen MR) is 69.7 cm³/mol. The first-order chi connectivity index (χ1) is 8.83. The van der Waals surface area contributed by atoms with Gasteiger partial charge >= 0.3 is 6.18 Å². The van der Waals surface area contributed by atoms with E-state index in [9.17, 15) is 13.2 Å². The Morgan fingerprint density at radius 2 is 2.05 bits per heavy atom. The Balaban J connectivity index is 2.55. The fraction of sp³-hybridized carbons (Fsp3) is 0.417. The number of fused-ring (bicyclic) bond motifs is 1. The SMILES string of the molecule is CC(CC(F)(F)F)n1c(CCl)nc2c(Cl)cccc21. The van der Waals surface area contributed by atoms with Crippen molar-refractivity contribution in [2.24, 2.45) is 0 Å². The van der Waals surface area contributed by atoms with Crippen LogP contribution in [0.2, 0.25) is 5.02 Å². The van der Waals surface area contributed by atoms with Crippen molar-refractivity contribution in [1.29, 1.82) is 0 Å². The molecule has 0 spiro atoms. The Labute approximate surface area is 118 Å². The molecule has 0 bridgehead atoms. The Morgan fingerprint density at radius 1 is 1.37 bits per heavy atom. The van der Waals surface area contributed by atoms with E-state index >= 15 is 0 Å². The van der Waals surface area contributed by atoms with Gasteiger partial charge in [-0.15, -0.1) is 11.6 Å². The second kappa shape index (κ2) is 5.21. The number of benzene rings is 1. The van der Waals surface area contributed by atoms with E-state index in [1.54, 1.807) is 18.2 Å². The number of para-hydroxylation sites is 1. The molecule has 0 aliphatic heterocycles. The van der Waals surface area contributed by atoms with Crippen molar-refractivity contribution >= 4 is 34.2 Å². The molecule has 0 saturated carbocycles. The third-order valence-corrected chi connectivity index (χ3v) is 3.38. The van der Waals surface area contributed by atoms with E-state index in [0.29, 0.717) is 21.9 Å². The highest BCUT2D eigenvalue weighted by Crippen LogP contribution is 2.33. The number of rotatable bonds is 3. The molecular formula is C12H11Cl2F3N2. The minimum Gasteiger partial charge on any atom is -0.324 e. The van der Waals surface area contributed by atoms with Crippen LogP contribution in [0.4, 0.5) is 13.2 Å². The van der Waals surface area contributed by atoms with Gasteiger partial charge in [0.15, 0.2) is 0 Å². The number of halogens is 5. The lowest BCUT2D eigenvalue weighted by Gasteiger charge is -2.18. The van der Waals surface area contributed by atoms with Gasteiger partial charge in [-0.05, 0) is 19.1 Å². The second-order valence-electron chi connectivity index (χ2n) is 4.31. The molecule has 2 aromatic rings. The van der Waals surface area contributed by atoms with Crippen LogP contribution in [-0.2, 0) is 5.88 Å². The zero-order chi connectivity index (χ0) is 14.2. The van der Waals surface area contributed by atoms with Gasteiger partial charge in [0.1, 0.15) is 11.3 Å². The van der Waals surface area contributed by atoms with Crippen LogP contribution in [0.1, 0.15) is 25.2 Å². The fourth-order valence-electron chi connectivity index (χ4n) is 2.14. The largest absolute Gasteiger partial charge is 0.391 e. The summed E-state index contributed by atoms with van der Waals surface area (Å²) in [4.78, 5) is 4.21. The molecule has 0 fully saturated rings. The van der Waals surface area contributed by atoms with Crippen molar-refractivity contribution in [3.63, 3.8) is 0 Å². The van der Waals surface area contributed by atoms with Gasteiger partial charge in [0.2, 0.25) is 0 Å². The van der Waals surface area contributed by atoms with E-state index in [0.717, 1.165) is 0 Å². The van der Waals surface area contributed by atoms with E-state index in [1.165, 1.54) is 11.5 Å². The average molecular weight is 311 g/mol. The number of nitrogens with zero attached hydrogens (tertiary/aromatic N) is 2. The van der Waals surface area contributed by atoms with Crippen molar-refractivity contribution in [3.05, 3.63) is 29.0 Å². The first-order valence-corrected chi connectivity index (χ1v) is 6.53. The van der Waals surface area contributed by atoms with Crippen molar-refractivity contribution in [2.75, 3.05) is 0 Å². The van der Waals surface area contributed by atoms with Crippen LogP contribution in [0, 0.1) is 0 Å². The molecule has 1 aromatic heterocycles. The summed E-state index contributed by atoms with van der Waals surface area (Å²) in [6, 6.07) is 4.24. The lowest BCUT2D eigenvalue weighted by molar-refractivity contribution is -0.141. The monoisotopic (exact) mass is 310 g/mol. The highest BCUT2D eigenvalue weighted by atomic mass is 35.5. The second-order valence-corrected chi connectivity index (χ2v) is 4.98. The average Bonchev–Trinajstić information content (AvgIpc) is 2.66. The van der Waals surface area contributed by atoms with Gasteiger partial charge in [-0.1, -0.05) is 17.7 Å². The summed E-state index contributed by atoms with van der Waals surface area (Å²) in [5.74, 6) is 0.425. The summed E-state index contributed by atoms with van der Waals surface area (Å²) in [5.41, 5.74) is 1.05. The summed E-state index contributed by atoms with van der Waals surface area (Å²) in [6.07, 6.45) is -5.17. The van der Waals surface area contributed by atoms with Gasteiger partial charge in [0, 0.05) is 6.04 Å². The molecule has 2 nitrogen and oxygen atoms in total. The maximum atomic E-state index is 12.5. The van der Waals surface area contributed by atoms with Crippen LogP contribution in [0.15, 0.2) is 18.2 Å². The predicted octanol–water partition coefficient (Wildman–Crippen LogP) is 4.94. The Kier molecular flexibility index (Phi) is 3.97. The molecule has 0 amide bonds. The van der Waals surface area contributed by atoms with E-state index < -0.39 is 18.6 Å². The fourth-order valence-corrected chi connectivity index (χ4v) is 2.54. The molecule has 104 valence electrons. The van der Waals surface area contributed by atoms with E-state index in [2.05, 4.69) is 4.98 Å². The molecule has 0 N–H and O–H groups in total. The van der Waals surface area contributed by atoms with E-state index in [-0.39, 0.29) is 5.88 Å². The molecule has 1 atom stereocenters. The first kappa shape index (κ1) is 14.5. The smallest absolute Gasteiger partial charge is 0.324 e. The molecule has 0 aliphatic carbocycles. The summed E-state index contributed by atoms with van der Waals surface area (Å²) >= 11 is 11.8. The highest BCUT2D eigenvalue weighted by Gasteiger charge is 2.32. The van der Waals surface area contributed by atoms with Crippen molar-refractivity contribution in [1.82, 2.24) is 9.55 Å². The quantitative estimate of drug-likeness (QED) is 0.734. The van der Waals surface area contributed by atoms with Crippen LogP contribution in [-0.4, -0.2) is 15.7 Å². The molecule has 7 heteroatoms. The Morgan fingerprint density at radius 3 is 2.63 bits per heavy atom. The van der Waals surface area contributed by atoms with E-state index in [1.807, 2.05) is 0 Å². The van der Waals surface area contributed by atoms with Crippen molar-refractivity contribution in [3.8, 4) is 0 Å². The van der Waals surface area contributed by atoms with Crippen molar-refractivity contribution < 1.29 is 13.2 Å². The number of imidazole rings is 1. The molecule has 1 heterocycles. The van der Waals surface area contributed by atoms with Gasteiger partial charge < -0.3 is 4.57 Å². The minimum atomic E-state index is -4.24. The lowest BCUT2D eigenvalue weighted by atomic mass is 10.2. The maximum absolute atomic E-state index is 12.5. The molecule has 2 rings (SSSR count). The molecular weight excluding hydrogens is 300 g/mol. The molecule has 19 heavy (non-hydrogen) atoms. The molecule has 0 saturated heterocycles. The summed E-state index contributed by atoms with van der Waals surface area (Å²) in [5, 5.41) is 0.404. The topological polar surface area (TPSA) is 17.8 Å². The first-order valence-electron chi connectivity index (χ1n) is 5.61. The molecule has 0 radical (unpaired) electrons. The number of alkyl halides is 4. The standard InChI is InChI=1S/C12H11Cl2F3N2/c1-7(5-12(15,16)17)19-9-4-2-3-8(14)11(9)18-10(19)6-13/h2-4,7H,5-6H2,1H3. The zero-order valence-electron chi connectivity index (χ0n) is 10.0. The normalized spacial score (nSPS) is 14.0. The van der Waals surface area contributed by atoms with Gasteiger partial charge in [0.25, 0.3) is 0 Å². The van der Waals surface area contributed by atoms with Crippen LogP contribution in [0.5, 0.6) is 0 Å². The highest BCUT2D eigenvalue weighted by molar-refractivity contribution is 6.35. The van der Waals surface area contributed by atoms with Crippen LogP contribution in [0.25, 0.3) is 11.0 Å². The summed E-state index contributed by atoms with van der Waals surface area (Å²) < 4.78 is 39.1. The van der Waals surface area contributed by atoms with Gasteiger partial charge in [-0.25, -0.2) is 4.98 Å². The minimum absolute atomic E-state index is 0.0349. The molecule has 0 aliphatic rings. The number of hydrogen-bond acceptors (Lipinski definition) is 1. The van der Waals surface area contributed by atoms with Crippen LogP contribution in [0.3, 0.4) is 0 Å². The van der Waals surface area contributed by atoms with Crippen LogP contribution >= 0.6 is 23.2 Å². The van der Waals surface area contributed by atoms with Gasteiger partial charge in [-0.3, -0.25) is 0 Å². The zero-order valence-corrected chi connectivity index (χ0v) is 11.5. The van der Waals surface area contributed by atoms with Gasteiger partial charge in [0.05, 0.1) is 22.8 Å². The third-order valence-electron chi connectivity index (χ3n) is 2.83. The lowest BCUT2D eigenvalue weighted by Crippen LogP contribution is -2.17. The summed E-state index contributed by atoms with van der Waals surface area (Å²) in [7, 11) is 0. The third kappa shape index (κ3) is 2.98. The number of aromatic nitrogens is 2. The van der Waals surface area contributed by atoms with E-state index in [4.69, 9.17) is 23.2 Å². The van der Waals surface area contributed by atoms with Crippen LogP contribution < -0.4 is 0 Å². The molecule has 1 unspecified atom stereocenters. The Bertz CT molecular complexity index is 592. The number of hydrogen-bond donors (Lipinski definition) is 0. The van der Waals surface area contributed by atoms with Gasteiger partial charge in [-0.2, -0.15) is 13.2 Å². The van der Waals surface area contributed by atoms with Crippen molar-refractivity contribution in [2.45, 2.75) is 31.4 Å². The molecule has 1 aromatic carbocycles. The maximum Gasteiger partial charge on any atom is 0.391 e. The summed E-state index contributed by atoms with van der Waals surface area (Å²) in [6.45, 7) is 1.49.